The molecule has 2 saturated heterocycles. The van der Waals surface area contributed by atoms with Gasteiger partial charge in [-0.1, -0.05) is 0 Å². The number of hydrogen-bond donors (Lipinski definition) is 0. The largest absolute Gasteiger partial charge is 0.378 e. The third kappa shape index (κ3) is 3.17. The van der Waals surface area contributed by atoms with Crippen molar-refractivity contribution in [2.24, 2.45) is 0 Å². The molecule has 2 aliphatic rings. The van der Waals surface area contributed by atoms with Crippen LogP contribution in [0.5, 0.6) is 0 Å². The van der Waals surface area contributed by atoms with Gasteiger partial charge in [0.2, 0.25) is 23.6 Å². The molecule has 0 atom stereocenters. The molecule has 0 aromatic carbocycles. The Kier molecular flexibility index (Phi) is 4.26. The zero-order chi connectivity index (χ0) is 13.8. The zero-order valence-corrected chi connectivity index (χ0v) is 10.6. The smallest absolute Gasteiger partial charge is 0.229 e. The Labute approximate surface area is 110 Å². The average molecular weight is 268 g/mol. The lowest BCUT2D eigenvalue weighted by Gasteiger charge is -2.16. The first kappa shape index (κ1) is 13.7. The van der Waals surface area contributed by atoms with Gasteiger partial charge >= 0.3 is 0 Å². The average Bonchev–Trinajstić information content (AvgIpc) is 2.86. The van der Waals surface area contributed by atoms with Crippen LogP contribution in [0.15, 0.2) is 0 Å². The minimum Gasteiger partial charge on any atom is -0.378 e. The van der Waals surface area contributed by atoms with Crippen LogP contribution in [0.1, 0.15) is 25.7 Å². The number of rotatable bonds is 6. The Morgan fingerprint density at radius 2 is 1.00 bits per heavy atom. The van der Waals surface area contributed by atoms with E-state index in [2.05, 4.69) is 0 Å². The summed E-state index contributed by atoms with van der Waals surface area (Å²) in [6.07, 6.45) is 1.09. The predicted molar refractivity (Wildman–Crippen MR) is 62.7 cm³/mol. The van der Waals surface area contributed by atoms with Crippen LogP contribution in [0.4, 0.5) is 0 Å². The SMILES string of the molecule is O=C1CCC(=O)N1CCOCCN1C(=O)CCC1=O. The molecule has 7 nitrogen and oxygen atoms in total. The molecule has 0 N–H and O–H groups in total. The van der Waals surface area contributed by atoms with E-state index in [1.807, 2.05) is 0 Å². The fourth-order valence-electron chi connectivity index (χ4n) is 2.16. The summed E-state index contributed by atoms with van der Waals surface area (Å²) >= 11 is 0. The third-order valence-electron chi connectivity index (χ3n) is 3.23. The van der Waals surface area contributed by atoms with Crippen LogP contribution in [0, 0.1) is 0 Å². The molecule has 0 radical (unpaired) electrons. The van der Waals surface area contributed by atoms with Crippen molar-refractivity contribution in [3.8, 4) is 0 Å². The summed E-state index contributed by atoms with van der Waals surface area (Å²) in [4.78, 5) is 47.6. The molecule has 2 fully saturated rings. The van der Waals surface area contributed by atoms with E-state index < -0.39 is 0 Å². The maximum atomic E-state index is 11.3. The molecular weight excluding hydrogens is 252 g/mol. The number of likely N-dealkylation sites (tertiary alicyclic amines) is 2. The summed E-state index contributed by atoms with van der Waals surface area (Å²) in [7, 11) is 0. The molecule has 2 rings (SSSR count). The third-order valence-corrected chi connectivity index (χ3v) is 3.23. The molecule has 0 aromatic rings. The van der Waals surface area contributed by atoms with Gasteiger partial charge in [-0.3, -0.25) is 29.0 Å². The molecule has 2 heterocycles. The highest BCUT2D eigenvalue weighted by Gasteiger charge is 2.29. The number of amides is 4. The Hall–Kier alpha value is -1.76. The van der Waals surface area contributed by atoms with Gasteiger partial charge in [0.1, 0.15) is 0 Å². The highest BCUT2D eigenvalue weighted by molar-refractivity contribution is 6.02. The second-order valence-electron chi connectivity index (χ2n) is 4.49. The Morgan fingerprint density at radius 3 is 1.32 bits per heavy atom. The molecule has 0 bridgehead atoms. The molecule has 2 aliphatic heterocycles. The van der Waals surface area contributed by atoms with E-state index in [1.54, 1.807) is 0 Å². The maximum Gasteiger partial charge on any atom is 0.229 e. The normalized spacial score (nSPS) is 20.0. The lowest BCUT2D eigenvalue weighted by Crippen LogP contribution is -2.34. The van der Waals surface area contributed by atoms with Crippen LogP contribution in [0.2, 0.25) is 0 Å². The Balaban J connectivity index is 1.62. The van der Waals surface area contributed by atoms with Gasteiger partial charge in [-0.05, 0) is 0 Å². The Bertz CT molecular complexity index is 350. The van der Waals surface area contributed by atoms with Gasteiger partial charge in [0.25, 0.3) is 0 Å². The van der Waals surface area contributed by atoms with E-state index in [0.29, 0.717) is 0 Å². The van der Waals surface area contributed by atoms with Crippen LogP contribution in [0.3, 0.4) is 0 Å². The zero-order valence-electron chi connectivity index (χ0n) is 10.6. The monoisotopic (exact) mass is 268 g/mol. The first-order valence-corrected chi connectivity index (χ1v) is 6.33. The number of hydrogen-bond acceptors (Lipinski definition) is 5. The maximum absolute atomic E-state index is 11.3. The van der Waals surface area contributed by atoms with Crippen molar-refractivity contribution in [1.29, 1.82) is 0 Å². The van der Waals surface area contributed by atoms with Crippen molar-refractivity contribution in [2.75, 3.05) is 26.3 Å². The van der Waals surface area contributed by atoms with Gasteiger partial charge in [0.05, 0.1) is 26.3 Å². The molecule has 0 spiro atoms. The summed E-state index contributed by atoms with van der Waals surface area (Å²) in [6, 6.07) is 0. The van der Waals surface area contributed by atoms with E-state index in [9.17, 15) is 19.2 Å². The number of carbonyl (C=O) groups excluding carboxylic acids is 4. The predicted octanol–water partition coefficient (Wildman–Crippen LogP) is -0.699. The first-order valence-electron chi connectivity index (χ1n) is 6.33. The molecule has 4 amide bonds. The van der Waals surface area contributed by atoms with Gasteiger partial charge in [0, 0.05) is 25.7 Å². The minimum atomic E-state index is -0.168. The summed E-state index contributed by atoms with van der Waals surface area (Å²) < 4.78 is 5.26. The van der Waals surface area contributed by atoms with Gasteiger partial charge in [-0.15, -0.1) is 0 Å². The topological polar surface area (TPSA) is 84.0 Å². The van der Waals surface area contributed by atoms with Crippen LogP contribution < -0.4 is 0 Å². The summed E-state index contributed by atoms with van der Waals surface area (Å²) in [6.45, 7) is 0.931. The van der Waals surface area contributed by atoms with Gasteiger partial charge < -0.3 is 4.74 Å². The number of nitrogens with zero attached hydrogens (tertiary/aromatic N) is 2. The molecule has 7 heteroatoms. The molecule has 19 heavy (non-hydrogen) atoms. The lowest BCUT2D eigenvalue weighted by molar-refractivity contribution is -0.139. The molecule has 104 valence electrons. The van der Waals surface area contributed by atoms with Crippen LogP contribution in [-0.2, 0) is 23.9 Å². The number of imide groups is 2. The molecule has 0 aromatic heterocycles. The molecular formula is C12H16N2O5. The highest BCUT2D eigenvalue weighted by Crippen LogP contribution is 2.12. The van der Waals surface area contributed by atoms with E-state index in [-0.39, 0.29) is 75.6 Å². The van der Waals surface area contributed by atoms with E-state index in [1.165, 1.54) is 9.80 Å². The van der Waals surface area contributed by atoms with Gasteiger partial charge in [-0.2, -0.15) is 0 Å². The van der Waals surface area contributed by atoms with E-state index >= 15 is 0 Å². The van der Waals surface area contributed by atoms with Crippen LogP contribution >= 0.6 is 0 Å². The van der Waals surface area contributed by atoms with Crippen LogP contribution in [0.25, 0.3) is 0 Å². The molecule has 0 unspecified atom stereocenters. The fraction of sp³-hybridized carbons (Fsp3) is 0.667. The highest BCUT2D eigenvalue weighted by atomic mass is 16.5. The molecule has 0 aliphatic carbocycles. The molecule has 0 saturated carbocycles. The van der Waals surface area contributed by atoms with Crippen molar-refractivity contribution in [3.63, 3.8) is 0 Å². The standard InChI is InChI=1S/C12H16N2O5/c15-9-1-2-10(16)13(9)5-7-19-8-6-14-11(17)3-4-12(14)18/h1-8H2. The summed E-state index contributed by atoms with van der Waals surface area (Å²) in [5.41, 5.74) is 0. The van der Waals surface area contributed by atoms with Crippen molar-refractivity contribution in [2.45, 2.75) is 25.7 Å². The van der Waals surface area contributed by atoms with E-state index in [0.717, 1.165) is 0 Å². The number of ether oxygens (including phenoxy) is 1. The first-order chi connectivity index (χ1) is 9.09. The van der Waals surface area contributed by atoms with E-state index in [4.69, 9.17) is 4.74 Å². The second-order valence-corrected chi connectivity index (χ2v) is 4.49. The van der Waals surface area contributed by atoms with Crippen molar-refractivity contribution in [3.05, 3.63) is 0 Å². The second kappa shape index (κ2) is 5.92. The fourth-order valence-corrected chi connectivity index (χ4v) is 2.16. The van der Waals surface area contributed by atoms with Gasteiger partial charge in [0.15, 0.2) is 0 Å². The quantitative estimate of drug-likeness (QED) is 0.470. The lowest BCUT2D eigenvalue weighted by atomic mass is 10.4. The van der Waals surface area contributed by atoms with Crippen molar-refractivity contribution in [1.82, 2.24) is 9.80 Å². The van der Waals surface area contributed by atoms with Crippen molar-refractivity contribution < 1.29 is 23.9 Å². The van der Waals surface area contributed by atoms with Crippen molar-refractivity contribution >= 4 is 23.6 Å². The van der Waals surface area contributed by atoms with Gasteiger partial charge in [-0.25, -0.2) is 0 Å². The summed E-state index contributed by atoms with van der Waals surface area (Å²) in [5, 5.41) is 0. The Morgan fingerprint density at radius 1 is 0.684 bits per heavy atom. The minimum absolute atomic E-state index is 0.168. The van der Waals surface area contributed by atoms with Crippen LogP contribution in [-0.4, -0.2) is 59.7 Å². The summed E-state index contributed by atoms with van der Waals surface area (Å²) in [5.74, 6) is -0.672. The number of carbonyl (C=O) groups is 4.